The first-order chi connectivity index (χ1) is 15.2. The molecule has 12 heteroatoms. The zero-order chi connectivity index (χ0) is 22.9. The molecule has 0 spiro atoms. The van der Waals surface area contributed by atoms with Gasteiger partial charge in [0.05, 0.1) is 10.6 Å². The molecule has 0 bridgehead atoms. The fraction of sp³-hybridized carbons (Fsp3) is 0.0500. The van der Waals surface area contributed by atoms with Crippen molar-refractivity contribution in [3.8, 4) is 0 Å². The topological polar surface area (TPSA) is 150 Å². The summed E-state index contributed by atoms with van der Waals surface area (Å²) in [5.41, 5.74) is 1.13. The lowest BCUT2D eigenvalue weighted by molar-refractivity contribution is 0.403. The summed E-state index contributed by atoms with van der Waals surface area (Å²) in [4.78, 5) is 3.78. The Morgan fingerprint density at radius 1 is 0.781 bits per heavy atom. The van der Waals surface area contributed by atoms with Gasteiger partial charge < -0.3 is 0 Å². The van der Waals surface area contributed by atoms with Gasteiger partial charge in [-0.1, -0.05) is 48.5 Å². The van der Waals surface area contributed by atoms with Crippen LogP contribution < -0.4 is 0 Å². The summed E-state index contributed by atoms with van der Waals surface area (Å²) in [6.07, 6.45) is 1.45. The van der Waals surface area contributed by atoms with E-state index in [9.17, 15) is 25.9 Å². The van der Waals surface area contributed by atoms with Gasteiger partial charge in [0.15, 0.2) is 5.84 Å². The van der Waals surface area contributed by atoms with E-state index in [4.69, 9.17) is 0 Å². The molecular weight excluding hydrogens is 456 g/mol. The second-order valence-corrected chi connectivity index (χ2v) is 9.42. The Morgan fingerprint density at radius 3 is 2.00 bits per heavy atom. The minimum absolute atomic E-state index is 0.135. The Morgan fingerprint density at radius 2 is 1.44 bits per heavy atom. The molecular formula is C20H16N4O6S2. The lowest BCUT2D eigenvalue weighted by atomic mass is 9.95. The first kappa shape index (κ1) is 21.8. The number of pyridine rings is 1. The largest absolute Gasteiger partial charge is 0.362 e. The van der Waals surface area contributed by atoms with Crippen LogP contribution in [0.3, 0.4) is 0 Å². The zero-order valence-corrected chi connectivity index (χ0v) is 17.8. The number of amidine groups is 1. The average Bonchev–Trinajstić information content (AvgIpc) is 2.78. The molecule has 164 valence electrons. The Labute approximate surface area is 184 Å². The molecule has 1 atom stereocenters. The predicted molar refractivity (Wildman–Crippen MR) is 116 cm³/mol. The second kappa shape index (κ2) is 8.24. The minimum atomic E-state index is -4.85. The van der Waals surface area contributed by atoms with Crippen LogP contribution >= 0.6 is 0 Å². The number of aromatic nitrogens is 1. The van der Waals surface area contributed by atoms with E-state index in [1.807, 2.05) is 0 Å². The van der Waals surface area contributed by atoms with Crippen LogP contribution in [0.15, 0.2) is 94.1 Å². The van der Waals surface area contributed by atoms with E-state index in [2.05, 4.69) is 15.2 Å². The van der Waals surface area contributed by atoms with Crippen molar-refractivity contribution in [1.29, 1.82) is 0 Å². The predicted octanol–water partition coefficient (Wildman–Crippen LogP) is 2.34. The molecule has 3 aromatic rings. The smallest absolute Gasteiger partial charge is 0.282 e. The fourth-order valence-electron chi connectivity index (χ4n) is 3.28. The average molecular weight is 473 g/mol. The van der Waals surface area contributed by atoms with Crippen LogP contribution in [-0.2, 0) is 20.4 Å². The molecule has 1 aliphatic rings. The molecule has 4 rings (SSSR count). The Hall–Kier alpha value is -3.45. The van der Waals surface area contributed by atoms with E-state index < -0.39 is 26.5 Å². The van der Waals surface area contributed by atoms with Crippen LogP contribution in [0.2, 0.25) is 0 Å². The van der Waals surface area contributed by atoms with Crippen LogP contribution in [0.4, 0.5) is 0 Å². The normalized spacial score (nSPS) is 16.9. The van der Waals surface area contributed by atoms with Gasteiger partial charge in [0.25, 0.3) is 10.1 Å². The van der Waals surface area contributed by atoms with Crippen LogP contribution in [-0.4, -0.2) is 46.8 Å². The lowest BCUT2D eigenvalue weighted by Crippen LogP contribution is -2.45. The molecule has 0 fully saturated rings. The quantitative estimate of drug-likeness (QED) is 0.541. The summed E-state index contributed by atoms with van der Waals surface area (Å²) >= 11 is 0. The molecule has 0 saturated carbocycles. The first-order valence-electron chi connectivity index (χ1n) is 9.13. The standard InChI is InChI=1S/C20H16N4O6S2/c25-31(26,27)16-11-9-14(10-12-16)18-19(15-6-2-1-3-7-15)24(32(28,29)30)20(23-22-18)17-8-4-5-13-21-17/h1-13,19H,(H,25,26,27)(H,28,29,30). The molecule has 10 nitrogen and oxygen atoms in total. The van der Waals surface area contributed by atoms with Gasteiger partial charge in [-0.25, -0.2) is 4.31 Å². The minimum Gasteiger partial charge on any atom is -0.282 e. The van der Waals surface area contributed by atoms with Crippen molar-refractivity contribution >= 4 is 32.0 Å². The van der Waals surface area contributed by atoms with Gasteiger partial charge in [-0.15, -0.1) is 5.10 Å². The van der Waals surface area contributed by atoms with Gasteiger partial charge in [0.1, 0.15) is 11.7 Å². The third-order valence-electron chi connectivity index (χ3n) is 4.66. The van der Waals surface area contributed by atoms with Crippen molar-refractivity contribution in [2.75, 3.05) is 0 Å². The SMILES string of the molecule is O=S(=O)(O)c1ccc(C2=NN=C(c3ccccn3)N(S(=O)(=O)O)C2c2ccccc2)cc1. The highest BCUT2D eigenvalue weighted by Gasteiger charge is 2.40. The molecule has 2 heterocycles. The van der Waals surface area contributed by atoms with E-state index in [1.165, 1.54) is 24.4 Å². The third-order valence-corrected chi connectivity index (χ3v) is 6.41. The van der Waals surface area contributed by atoms with E-state index in [0.717, 1.165) is 12.1 Å². The van der Waals surface area contributed by atoms with Crippen molar-refractivity contribution in [3.05, 3.63) is 95.8 Å². The van der Waals surface area contributed by atoms with Crippen LogP contribution in [0, 0.1) is 0 Å². The zero-order valence-electron chi connectivity index (χ0n) is 16.2. The highest BCUT2D eigenvalue weighted by Crippen LogP contribution is 2.33. The number of nitrogens with zero attached hydrogens (tertiary/aromatic N) is 4. The molecule has 0 saturated heterocycles. The van der Waals surface area contributed by atoms with E-state index in [1.54, 1.807) is 42.5 Å². The second-order valence-electron chi connectivity index (χ2n) is 6.71. The summed E-state index contributed by atoms with van der Waals surface area (Å²) < 4.78 is 67.9. The van der Waals surface area contributed by atoms with Gasteiger partial charge >= 0.3 is 10.3 Å². The van der Waals surface area contributed by atoms with Crippen molar-refractivity contribution in [2.24, 2.45) is 10.2 Å². The monoisotopic (exact) mass is 472 g/mol. The fourth-order valence-corrected chi connectivity index (χ4v) is 4.59. The van der Waals surface area contributed by atoms with Crippen molar-refractivity contribution in [1.82, 2.24) is 9.29 Å². The molecule has 0 amide bonds. The molecule has 2 N–H and O–H groups in total. The summed E-state index contributed by atoms with van der Waals surface area (Å²) in [7, 11) is -9.26. The van der Waals surface area contributed by atoms with Crippen molar-refractivity contribution in [2.45, 2.75) is 10.9 Å². The number of hydrogen-bond acceptors (Lipinski definition) is 7. The molecule has 1 aromatic heterocycles. The van der Waals surface area contributed by atoms with Gasteiger partial charge in [0, 0.05) is 11.8 Å². The molecule has 2 aromatic carbocycles. The maximum atomic E-state index is 12.5. The molecule has 0 aliphatic carbocycles. The maximum Gasteiger partial charge on any atom is 0.362 e. The molecule has 1 aliphatic heterocycles. The summed E-state index contributed by atoms with van der Waals surface area (Å²) in [5.74, 6) is -0.180. The highest BCUT2D eigenvalue weighted by molar-refractivity contribution is 7.85. The summed E-state index contributed by atoms with van der Waals surface area (Å²) in [6, 6.07) is 17.2. The van der Waals surface area contributed by atoms with E-state index in [0.29, 0.717) is 15.4 Å². The third kappa shape index (κ3) is 4.29. The lowest BCUT2D eigenvalue weighted by Gasteiger charge is -2.33. The van der Waals surface area contributed by atoms with Gasteiger partial charge in [0.2, 0.25) is 0 Å². The number of rotatable bonds is 5. The Bertz CT molecular complexity index is 1410. The molecule has 32 heavy (non-hydrogen) atoms. The number of hydrogen-bond donors (Lipinski definition) is 2. The van der Waals surface area contributed by atoms with Gasteiger partial charge in [-0.2, -0.15) is 21.9 Å². The summed E-state index contributed by atoms with van der Waals surface area (Å²) in [6.45, 7) is 0. The Kier molecular flexibility index (Phi) is 5.60. The molecule has 0 radical (unpaired) electrons. The molecule has 1 unspecified atom stereocenters. The first-order valence-corrected chi connectivity index (χ1v) is 12.0. The van der Waals surface area contributed by atoms with E-state index >= 15 is 0 Å². The van der Waals surface area contributed by atoms with Gasteiger partial charge in [-0.3, -0.25) is 14.1 Å². The number of benzene rings is 2. The highest BCUT2D eigenvalue weighted by atomic mass is 32.2. The van der Waals surface area contributed by atoms with Crippen LogP contribution in [0.5, 0.6) is 0 Å². The van der Waals surface area contributed by atoms with Crippen LogP contribution in [0.25, 0.3) is 0 Å². The van der Waals surface area contributed by atoms with E-state index in [-0.39, 0.29) is 22.1 Å². The van der Waals surface area contributed by atoms with Gasteiger partial charge in [-0.05, 0) is 29.8 Å². The van der Waals surface area contributed by atoms with Crippen molar-refractivity contribution in [3.63, 3.8) is 0 Å². The Balaban J connectivity index is 1.94. The van der Waals surface area contributed by atoms with Crippen molar-refractivity contribution < 1.29 is 25.9 Å². The maximum absolute atomic E-state index is 12.5. The summed E-state index contributed by atoms with van der Waals surface area (Å²) in [5, 5.41) is 8.22. The van der Waals surface area contributed by atoms with Crippen LogP contribution in [0.1, 0.15) is 22.9 Å².